The van der Waals surface area contributed by atoms with E-state index in [1.165, 1.54) is 35.5 Å². The number of thiophene rings is 1. The number of rotatable bonds is 3. The molecule has 0 aliphatic carbocycles. The van der Waals surface area contributed by atoms with E-state index in [2.05, 4.69) is 4.98 Å². The highest BCUT2D eigenvalue weighted by atomic mass is 32.2. The molecule has 3 aromatic rings. The molecule has 0 atom stereocenters. The summed E-state index contributed by atoms with van der Waals surface area (Å²) in [7, 11) is 0. The first kappa shape index (κ1) is 13.6. The highest BCUT2D eigenvalue weighted by Crippen LogP contribution is 2.39. The number of hydrogen-bond donors (Lipinski definition) is 1. The molecule has 0 aliphatic rings. The number of nitrogens with zero attached hydrogens (tertiary/aromatic N) is 3. The Hall–Kier alpha value is -2.39. The molecule has 2 heterocycles. The van der Waals surface area contributed by atoms with E-state index < -0.39 is 4.92 Å². The lowest BCUT2D eigenvalue weighted by Gasteiger charge is -1.99. The molecule has 9 heteroatoms. The van der Waals surface area contributed by atoms with Crippen LogP contribution in [0.2, 0.25) is 0 Å². The maximum absolute atomic E-state index is 11.9. The predicted molar refractivity (Wildman–Crippen MR) is 81.2 cm³/mol. The summed E-state index contributed by atoms with van der Waals surface area (Å²) in [5.41, 5.74) is -0.310. The Kier molecular flexibility index (Phi) is 3.35. The Morgan fingerprint density at radius 2 is 2.14 bits per heavy atom. The topological polar surface area (TPSA) is 104 Å². The van der Waals surface area contributed by atoms with Crippen LogP contribution in [0.5, 0.6) is 0 Å². The van der Waals surface area contributed by atoms with Gasteiger partial charge in [0, 0.05) is 6.07 Å². The second-order valence-corrected chi connectivity index (χ2v) is 6.44. The van der Waals surface area contributed by atoms with E-state index in [0.717, 1.165) is 8.89 Å². The van der Waals surface area contributed by atoms with E-state index >= 15 is 0 Å². The third kappa shape index (κ3) is 2.48. The molecule has 2 aromatic heterocycles. The van der Waals surface area contributed by atoms with Crippen molar-refractivity contribution in [2.45, 2.75) is 9.10 Å². The second kappa shape index (κ2) is 5.19. The summed E-state index contributed by atoms with van der Waals surface area (Å²) < 4.78 is 1.66. The van der Waals surface area contributed by atoms with Gasteiger partial charge in [-0.1, -0.05) is 23.9 Å². The Morgan fingerprint density at radius 3 is 2.90 bits per heavy atom. The molecule has 0 amide bonds. The van der Waals surface area contributed by atoms with Gasteiger partial charge >= 0.3 is 0 Å². The number of aromatic nitrogens is 2. The minimum Gasteiger partial charge on any atom is -0.335 e. The summed E-state index contributed by atoms with van der Waals surface area (Å²) in [6.07, 6.45) is 1.25. The van der Waals surface area contributed by atoms with Gasteiger partial charge in [-0.3, -0.25) is 14.9 Å². The van der Waals surface area contributed by atoms with E-state index in [4.69, 9.17) is 5.84 Å². The maximum Gasteiger partial charge on any atom is 0.283 e. The smallest absolute Gasteiger partial charge is 0.283 e. The van der Waals surface area contributed by atoms with E-state index in [0.29, 0.717) is 15.1 Å². The lowest BCUT2D eigenvalue weighted by Crippen LogP contribution is -2.26. The molecule has 0 saturated carbocycles. The van der Waals surface area contributed by atoms with Gasteiger partial charge in [0.05, 0.1) is 19.4 Å². The van der Waals surface area contributed by atoms with Gasteiger partial charge in [0.2, 0.25) is 0 Å². The summed E-state index contributed by atoms with van der Waals surface area (Å²) in [5, 5.41) is 11.4. The average Bonchev–Trinajstić information content (AvgIpc) is 2.87. The van der Waals surface area contributed by atoms with Gasteiger partial charge in [-0.15, -0.1) is 11.3 Å². The van der Waals surface area contributed by atoms with Crippen LogP contribution in [-0.2, 0) is 0 Å². The molecule has 0 bridgehead atoms. The third-order valence-electron chi connectivity index (χ3n) is 2.73. The lowest BCUT2D eigenvalue weighted by molar-refractivity contribution is -0.387. The van der Waals surface area contributed by atoms with E-state index in [1.807, 2.05) is 0 Å². The number of hydrogen-bond acceptors (Lipinski definition) is 7. The highest BCUT2D eigenvalue weighted by molar-refractivity contribution is 8.01. The van der Waals surface area contributed by atoms with Crippen molar-refractivity contribution in [3.8, 4) is 0 Å². The monoisotopic (exact) mass is 320 g/mol. The number of para-hydroxylation sites is 1. The van der Waals surface area contributed by atoms with Gasteiger partial charge in [-0.25, -0.2) is 9.66 Å². The van der Waals surface area contributed by atoms with Gasteiger partial charge in [0.15, 0.2) is 0 Å². The Morgan fingerprint density at radius 1 is 1.38 bits per heavy atom. The fraction of sp³-hybridized carbons (Fsp3) is 0. The van der Waals surface area contributed by atoms with Crippen LogP contribution in [0, 0.1) is 10.1 Å². The molecule has 3 rings (SSSR count). The molecular weight excluding hydrogens is 312 g/mol. The van der Waals surface area contributed by atoms with Crippen molar-refractivity contribution in [3.63, 3.8) is 0 Å². The third-order valence-corrected chi connectivity index (χ3v) is 4.95. The van der Waals surface area contributed by atoms with Crippen LogP contribution in [-0.4, -0.2) is 14.6 Å². The molecule has 1 aromatic carbocycles. The molecule has 7 nitrogen and oxygen atoms in total. The Labute approximate surface area is 126 Å². The van der Waals surface area contributed by atoms with Crippen LogP contribution in [0.1, 0.15) is 0 Å². The van der Waals surface area contributed by atoms with Crippen molar-refractivity contribution in [2.75, 3.05) is 5.84 Å². The summed E-state index contributed by atoms with van der Waals surface area (Å²) in [6, 6.07) is 8.11. The molecule has 0 unspecified atom stereocenters. The standard InChI is InChI=1S/C12H8N4O3S2/c13-15-6-14-11-7(12(15)17)5-10(21-11)20-9-4-2-1-3-8(9)16(18)19/h1-6H,13H2. The van der Waals surface area contributed by atoms with E-state index in [-0.39, 0.29) is 11.2 Å². The summed E-state index contributed by atoms with van der Waals surface area (Å²) in [5.74, 6) is 5.46. The molecule has 106 valence electrons. The zero-order chi connectivity index (χ0) is 15.0. The molecule has 0 aliphatic heterocycles. The number of fused-ring (bicyclic) bond motifs is 1. The van der Waals surface area contributed by atoms with Gasteiger partial charge in [0.25, 0.3) is 11.2 Å². The van der Waals surface area contributed by atoms with Gasteiger partial charge in [0.1, 0.15) is 11.2 Å². The van der Waals surface area contributed by atoms with Gasteiger partial charge in [-0.05, 0) is 12.1 Å². The molecule has 2 N–H and O–H groups in total. The zero-order valence-electron chi connectivity index (χ0n) is 10.4. The fourth-order valence-corrected chi connectivity index (χ4v) is 3.95. The highest BCUT2D eigenvalue weighted by Gasteiger charge is 2.16. The van der Waals surface area contributed by atoms with Crippen molar-refractivity contribution in [2.24, 2.45) is 0 Å². The van der Waals surface area contributed by atoms with Crippen LogP contribution in [0.4, 0.5) is 5.69 Å². The van der Waals surface area contributed by atoms with Crippen molar-refractivity contribution in [3.05, 3.63) is 57.1 Å². The molecule has 0 radical (unpaired) electrons. The largest absolute Gasteiger partial charge is 0.335 e. The number of nitro benzene ring substituents is 1. The normalized spacial score (nSPS) is 10.9. The van der Waals surface area contributed by atoms with Crippen molar-refractivity contribution < 1.29 is 4.92 Å². The maximum atomic E-state index is 11.9. The summed E-state index contributed by atoms with van der Waals surface area (Å²) in [4.78, 5) is 27.6. The predicted octanol–water partition coefficient (Wildman–Crippen LogP) is 2.23. The van der Waals surface area contributed by atoms with Crippen molar-refractivity contribution in [1.29, 1.82) is 0 Å². The minimum atomic E-state index is -0.430. The van der Waals surface area contributed by atoms with Crippen LogP contribution in [0.15, 0.2) is 50.6 Å². The van der Waals surface area contributed by atoms with Crippen LogP contribution in [0.3, 0.4) is 0 Å². The first-order valence-electron chi connectivity index (χ1n) is 5.74. The zero-order valence-corrected chi connectivity index (χ0v) is 12.1. The van der Waals surface area contributed by atoms with Crippen molar-refractivity contribution >= 4 is 39.0 Å². The van der Waals surface area contributed by atoms with Crippen LogP contribution in [0.25, 0.3) is 10.2 Å². The van der Waals surface area contributed by atoms with Crippen LogP contribution >= 0.6 is 23.1 Å². The number of nitro groups is 1. The minimum absolute atomic E-state index is 0.0316. The summed E-state index contributed by atoms with van der Waals surface area (Å²) >= 11 is 2.53. The van der Waals surface area contributed by atoms with E-state index in [1.54, 1.807) is 24.3 Å². The number of benzene rings is 1. The van der Waals surface area contributed by atoms with Gasteiger partial charge in [-0.2, -0.15) is 0 Å². The first-order chi connectivity index (χ1) is 10.1. The van der Waals surface area contributed by atoms with E-state index in [9.17, 15) is 14.9 Å². The van der Waals surface area contributed by atoms with Crippen LogP contribution < -0.4 is 11.4 Å². The SMILES string of the molecule is Nn1cnc2sc(Sc3ccccc3[N+](=O)[O-])cc2c1=O. The number of nitrogens with two attached hydrogens (primary N) is 1. The first-order valence-corrected chi connectivity index (χ1v) is 7.37. The molecular formula is C12H8N4O3S2. The second-order valence-electron chi connectivity index (χ2n) is 4.07. The molecule has 0 fully saturated rings. The number of nitrogen functional groups attached to an aromatic ring is 1. The quantitative estimate of drug-likeness (QED) is 0.451. The van der Waals surface area contributed by atoms with Crippen molar-refractivity contribution in [1.82, 2.24) is 9.66 Å². The molecule has 21 heavy (non-hydrogen) atoms. The average molecular weight is 320 g/mol. The lowest BCUT2D eigenvalue weighted by atomic mass is 10.3. The Bertz CT molecular complexity index is 903. The Balaban J connectivity index is 2.05. The molecule has 0 saturated heterocycles. The summed E-state index contributed by atoms with van der Waals surface area (Å²) in [6.45, 7) is 0. The molecule has 0 spiro atoms. The van der Waals surface area contributed by atoms with Gasteiger partial charge < -0.3 is 5.84 Å². The fourth-order valence-electron chi connectivity index (χ4n) is 1.77.